The third-order valence-corrected chi connectivity index (χ3v) is 6.06. The number of hydrogen-bond donors (Lipinski definition) is 1. The van der Waals surface area contributed by atoms with Crippen LogP contribution in [-0.4, -0.2) is 51.1 Å². The van der Waals surface area contributed by atoms with Crippen LogP contribution in [0.4, 0.5) is 0 Å². The standard InChI is InChI=1S/C23H26ClN5O3/c1-28-15-17(13-27-28)23(31)26-12-16-8-10-29(11-9-16)22(30)7-6-21-25-14-20(32-21)18-4-2-3-5-19(18)24/h2-5,13-16H,6-12H2,1H3,(H,26,31). The number of benzene rings is 1. The first-order chi connectivity index (χ1) is 15.5. The molecule has 1 aliphatic heterocycles. The molecule has 0 spiro atoms. The van der Waals surface area contributed by atoms with Crippen LogP contribution in [0, 0.1) is 5.92 Å². The van der Waals surface area contributed by atoms with Crippen molar-refractivity contribution in [1.29, 1.82) is 0 Å². The number of carbonyl (C=O) groups is 2. The summed E-state index contributed by atoms with van der Waals surface area (Å²) in [4.78, 5) is 30.9. The Morgan fingerprint density at radius 1 is 1.22 bits per heavy atom. The van der Waals surface area contributed by atoms with Gasteiger partial charge in [-0.1, -0.05) is 23.7 Å². The van der Waals surface area contributed by atoms with Crippen molar-refractivity contribution < 1.29 is 14.0 Å². The van der Waals surface area contributed by atoms with Gasteiger partial charge in [-0.15, -0.1) is 0 Å². The van der Waals surface area contributed by atoms with E-state index in [0.717, 1.165) is 18.4 Å². The maximum Gasteiger partial charge on any atom is 0.254 e. The lowest BCUT2D eigenvalue weighted by Gasteiger charge is -2.32. The highest BCUT2D eigenvalue weighted by Gasteiger charge is 2.23. The zero-order chi connectivity index (χ0) is 22.5. The minimum Gasteiger partial charge on any atom is -0.441 e. The highest BCUT2D eigenvalue weighted by atomic mass is 35.5. The van der Waals surface area contributed by atoms with Crippen LogP contribution in [0.5, 0.6) is 0 Å². The van der Waals surface area contributed by atoms with Crippen molar-refractivity contribution >= 4 is 23.4 Å². The smallest absolute Gasteiger partial charge is 0.254 e. The van der Waals surface area contributed by atoms with Crippen molar-refractivity contribution in [3.05, 3.63) is 59.3 Å². The Bertz CT molecular complexity index is 1080. The maximum atomic E-state index is 12.6. The van der Waals surface area contributed by atoms with Crippen LogP contribution in [0.3, 0.4) is 0 Å². The summed E-state index contributed by atoms with van der Waals surface area (Å²) in [7, 11) is 1.78. The molecule has 32 heavy (non-hydrogen) atoms. The predicted molar refractivity (Wildman–Crippen MR) is 120 cm³/mol. The number of amides is 2. The fourth-order valence-corrected chi connectivity index (χ4v) is 4.08. The lowest BCUT2D eigenvalue weighted by molar-refractivity contribution is -0.132. The van der Waals surface area contributed by atoms with E-state index < -0.39 is 0 Å². The molecular formula is C23H26ClN5O3. The average molecular weight is 456 g/mol. The van der Waals surface area contributed by atoms with Gasteiger partial charge in [0.05, 0.1) is 23.0 Å². The van der Waals surface area contributed by atoms with Crippen molar-refractivity contribution in [2.24, 2.45) is 13.0 Å². The number of aromatic nitrogens is 3. The number of likely N-dealkylation sites (tertiary alicyclic amines) is 1. The monoisotopic (exact) mass is 455 g/mol. The molecule has 0 radical (unpaired) electrons. The van der Waals surface area contributed by atoms with Crippen LogP contribution in [0.15, 0.2) is 47.3 Å². The number of piperidine rings is 1. The Morgan fingerprint density at radius 2 is 2.00 bits per heavy atom. The zero-order valence-corrected chi connectivity index (χ0v) is 18.7. The van der Waals surface area contributed by atoms with Gasteiger partial charge >= 0.3 is 0 Å². The number of nitrogens with zero attached hydrogens (tertiary/aromatic N) is 4. The molecule has 1 saturated heterocycles. The van der Waals surface area contributed by atoms with E-state index in [2.05, 4.69) is 15.4 Å². The van der Waals surface area contributed by atoms with Crippen LogP contribution in [0.1, 0.15) is 35.5 Å². The zero-order valence-electron chi connectivity index (χ0n) is 18.0. The van der Waals surface area contributed by atoms with Gasteiger partial charge < -0.3 is 14.6 Å². The SMILES string of the molecule is Cn1cc(C(=O)NCC2CCN(C(=O)CCc3ncc(-c4ccccc4Cl)o3)CC2)cn1. The largest absolute Gasteiger partial charge is 0.441 e. The van der Waals surface area contributed by atoms with Crippen LogP contribution in [0.25, 0.3) is 11.3 Å². The van der Waals surface area contributed by atoms with E-state index in [9.17, 15) is 9.59 Å². The minimum atomic E-state index is -0.112. The molecule has 0 aliphatic carbocycles. The van der Waals surface area contributed by atoms with E-state index in [1.54, 1.807) is 36.4 Å². The topological polar surface area (TPSA) is 93.3 Å². The van der Waals surface area contributed by atoms with Crippen molar-refractivity contribution in [2.45, 2.75) is 25.7 Å². The Balaban J connectivity index is 1.20. The van der Waals surface area contributed by atoms with Gasteiger partial charge in [0.15, 0.2) is 11.7 Å². The first-order valence-electron chi connectivity index (χ1n) is 10.7. The second kappa shape index (κ2) is 9.99. The third-order valence-electron chi connectivity index (χ3n) is 5.73. The third kappa shape index (κ3) is 5.37. The molecule has 1 fully saturated rings. The van der Waals surface area contributed by atoms with Crippen molar-refractivity contribution in [2.75, 3.05) is 19.6 Å². The molecule has 0 unspecified atom stereocenters. The van der Waals surface area contributed by atoms with Gasteiger partial charge in [-0.3, -0.25) is 14.3 Å². The van der Waals surface area contributed by atoms with Crippen molar-refractivity contribution in [3.63, 3.8) is 0 Å². The highest BCUT2D eigenvalue weighted by Crippen LogP contribution is 2.28. The first kappa shape index (κ1) is 22.1. The molecule has 0 atom stereocenters. The number of rotatable bonds is 7. The van der Waals surface area contributed by atoms with E-state index in [1.165, 1.54) is 0 Å². The minimum absolute atomic E-state index is 0.0975. The number of aryl methyl sites for hydroxylation is 2. The summed E-state index contributed by atoms with van der Waals surface area (Å²) >= 11 is 6.21. The van der Waals surface area contributed by atoms with E-state index in [1.807, 2.05) is 23.1 Å². The summed E-state index contributed by atoms with van der Waals surface area (Å²) in [6.45, 7) is 2.00. The Morgan fingerprint density at radius 3 is 2.72 bits per heavy atom. The summed E-state index contributed by atoms with van der Waals surface area (Å²) in [5, 5.41) is 7.59. The molecule has 1 aliphatic rings. The molecule has 3 aromatic rings. The average Bonchev–Trinajstić information content (AvgIpc) is 3.46. The van der Waals surface area contributed by atoms with E-state index in [4.69, 9.17) is 16.0 Å². The molecule has 168 valence electrons. The molecule has 1 N–H and O–H groups in total. The number of halogens is 1. The van der Waals surface area contributed by atoms with Gasteiger partial charge in [0.2, 0.25) is 5.91 Å². The van der Waals surface area contributed by atoms with Gasteiger partial charge in [0.25, 0.3) is 5.91 Å². The van der Waals surface area contributed by atoms with Gasteiger partial charge in [0.1, 0.15) is 0 Å². The highest BCUT2D eigenvalue weighted by molar-refractivity contribution is 6.33. The van der Waals surface area contributed by atoms with Crippen molar-refractivity contribution in [1.82, 2.24) is 25.0 Å². The summed E-state index contributed by atoms with van der Waals surface area (Å²) in [6, 6.07) is 7.43. The quantitative estimate of drug-likeness (QED) is 0.589. The molecule has 2 aromatic heterocycles. The second-order valence-corrected chi connectivity index (χ2v) is 8.44. The summed E-state index contributed by atoms with van der Waals surface area (Å²) in [5.74, 6) is 1.48. The Labute approximate surface area is 191 Å². The first-order valence-corrected chi connectivity index (χ1v) is 11.1. The van der Waals surface area contributed by atoms with Crippen LogP contribution >= 0.6 is 11.6 Å². The molecule has 3 heterocycles. The number of oxazole rings is 1. The van der Waals surface area contributed by atoms with E-state index in [0.29, 0.717) is 60.6 Å². The molecule has 2 amide bonds. The van der Waals surface area contributed by atoms with Gasteiger partial charge in [0, 0.05) is 51.3 Å². The molecule has 8 nitrogen and oxygen atoms in total. The fourth-order valence-electron chi connectivity index (χ4n) is 3.85. The van der Waals surface area contributed by atoms with Crippen LogP contribution in [0.2, 0.25) is 5.02 Å². The van der Waals surface area contributed by atoms with Crippen LogP contribution in [-0.2, 0) is 18.3 Å². The molecule has 1 aromatic carbocycles. The van der Waals surface area contributed by atoms with Crippen molar-refractivity contribution in [3.8, 4) is 11.3 Å². The number of nitrogens with one attached hydrogen (secondary N) is 1. The molecule has 0 bridgehead atoms. The summed E-state index contributed by atoms with van der Waals surface area (Å²) < 4.78 is 7.39. The lowest BCUT2D eigenvalue weighted by Crippen LogP contribution is -2.41. The normalized spacial score (nSPS) is 14.5. The second-order valence-electron chi connectivity index (χ2n) is 8.03. The number of carbonyl (C=O) groups excluding carboxylic acids is 2. The predicted octanol–water partition coefficient (Wildman–Crippen LogP) is 3.33. The molecule has 9 heteroatoms. The molecular weight excluding hydrogens is 430 g/mol. The van der Waals surface area contributed by atoms with Gasteiger partial charge in [-0.2, -0.15) is 5.10 Å². The Hall–Kier alpha value is -3.13. The fraction of sp³-hybridized carbons (Fsp3) is 0.391. The van der Waals surface area contributed by atoms with Crippen LogP contribution < -0.4 is 5.32 Å². The van der Waals surface area contributed by atoms with Gasteiger partial charge in [-0.05, 0) is 30.9 Å². The molecule has 0 saturated carbocycles. The lowest BCUT2D eigenvalue weighted by atomic mass is 9.96. The summed E-state index contributed by atoms with van der Waals surface area (Å²) in [5.41, 5.74) is 1.35. The number of hydrogen-bond acceptors (Lipinski definition) is 5. The Kier molecular flexibility index (Phi) is 6.90. The van der Waals surface area contributed by atoms with E-state index >= 15 is 0 Å². The maximum absolute atomic E-state index is 12.6. The molecule has 4 rings (SSSR count). The summed E-state index contributed by atoms with van der Waals surface area (Å²) in [6.07, 6.45) is 7.44. The van der Waals surface area contributed by atoms with E-state index in [-0.39, 0.29) is 11.8 Å². The van der Waals surface area contributed by atoms with Gasteiger partial charge in [-0.25, -0.2) is 4.98 Å².